The third-order valence-electron chi connectivity index (χ3n) is 1.97. The second-order valence-corrected chi connectivity index (χ2v) is 3.85. The number of methoxy groups -OCH3 is 1. The van der Waals surface area contributed by atoms with Crippen molar-refractivity contribution in [3.63, 3.8) is 0 Å². The number of aromatic nitrogens is 3. The maximum Gasteiger partial charge on any atom is 0.265 e. The summed E-state index contributed by atoms with van der Waals surface area (Å²) in [5, 5.41) is 0. The van der Waals surface area contributed by atoms with E-state index in [1.807, 2.05) is 0 Å². The van der Waals surface area contributed by atoms with Crippen LogP contribution in [0.1, 0.15) is 0 Å². The number of pyridine rings is 1. The van der Waals surface area contributed by atoms with E-state index in [4.69, 9.17) is 4.74 Å². The van der Waals surface area contributed by atoms with Gasteiger partial charge in [-0.25, -0.2) is 9.97 Å². The SMILES string of the molecule is COc1ccc(-c2ncc(Br)c(=O)[nH]2)cn1. The molecule has 0 atom stereocenters. The topological polar surface area (TPSA) is 67.9 Å². The van der Waals surface area contributed by atoms with Crippen LogP contribution in [0.3, 0.4) is 0 Å². The van der Waals surface area contributed by atoms with Crippen LogP contribution in [-0.4, -0.2) is 22.1 Å². The lowest BCUT2D eigenvalue weighted by atomic mass is 10.2. The van der Waals surface area contributed by atoms with Crippen LogP contribution in [-0.2, 0) is 0 Å². The monoisotopic (exact) mass is 281 g/mol. The molecule has 0 unspecified atom stereocenters. The van der Waals surface area contributed by atoms with Crippen molar-refractivity contribution >= 4 is 15.9 Å². The Hall–Kier alpha value is -1.69. The lowest BCUT2D eigenvalue weighted by molar-refractivity contribution is 0.398. The maximum absolute atomic E-state index is 11.3. The Kier molecular flexibility index (Phi) is 3.00. The van der Waals surface area contributed by atoms with E-state index in [2.05, 4.69) is 30.9 Å². The molecule has 0 radical (unpaired) electrons. The molecule has 82 valence electrons. The van der Waals surface area contributed by atoms with Crippen LogP contribution in [0.2, 0.25) is 0 Å². The van der Waals surface area contributed by atoms with Crippen molar-refractivity contribution in [2.24, 2.45) is 0 Å². The van der Waals surface area contributed by atoms with Crippen LogP contribution in [0.5, 0.6) is 5.88 Å². The minimum atomic E-state index is -0.221. The minimum Gasteiger partial charge on any atom is -0.481 e. The van der Waals surface area contributed by atoms with Gasteiger partial charge in [-0.1, -0.05) is 0 Å². The molecule has 0 spiro atoms. The summed E-state index contributed by atoms with van der Waals surface area (Å²) < 4.78 is 5.34. The van der Waals surface area contributed by atoms with Crippen molar-refractivity contribution in [2.75, 3.05) is 7.11 Å². The number of aromatic amines is 1. The third-order valence-corrected chi connectivity index (χ3v) is 2.54. The first-order valence-electron chi connectivity index (χ1n) is 4.46. The summed E-state index contributed by atoms with van der Waals surface area (Å²) >= 11 is 3.08. The Morgan fingerprint density at radius 3 is 2.69 bits per heavy atom. The van der Waals surface area contributed by atoms with E-state index in [0.717, 1.165) is 5.56 Å². The second-order valence-electron chi connectivity index (χ2n) is 3.00. The van der Waals surface area contributed by atoms with Gasteiger partial charge in [0.15, 0.2) is 0 Å². The van der Waals surface area contributed by atoms with Crippen molar-refractivity contribution in [3.8, 4) is 17.3 Å². The average Bonchev–Trinajstić information content (AvgIpc) is 2.33. The van der Waals surface area contributed by atoms with E-state index in [0.29, 0.717) is 16.2 Å². The lowest BCUT2D eigenvalue weighted by Crippen LogP contribution is -2.08. The van der Waals surface area contributed by atoms with E-state index < -0.39 is 0 Å². The molecule has 1 N–H and O–H groups in total. The summed E-state index contributed by atoms with van der Waals surface area (Å²) in [6.45, 7) is 0. The van der Waals surface area contributed by atoms with Crippen molar-refractivity contribution in [2.45, 2.75) is 0 Å². The van der Waals surface area contributed by atoms with Crippen molar-refractivity contribution in [1.29, 1.82) is 0 Å². The molecular formula is C10H8BrN3O2. The van der Waals surface area contributed by atoms with Gasteiger partial charge in [0.2, 0.25) is 5.88 Å². The molecule has 16 heavy (non-hydrogen) atoms. The molecule has 0 aromatic carbocycles. The number of nitrogens with one attached hydrogen (secondary N) is 1. The second kappa shape index (κ2) is 4.44. The molecular weight excluding hydrogens is 274 g/mol. The molecule has 0 bridgehead atoms. The first-order valence-corrected chi connectivity index (χ1v) is 5.25. The number of hydrogen-bond donors (Lipinski definition) is 1. The van der Waals surface area contributed by atoms with E-state index in [1.165, 1.54) is 6.20 Å². The maximum atomic E-state index is 11.3. The summed E-state index contributed by atoms with van der Waals surface area (Å²) in [6, 6.07) is 3.48. The van der Waals surface area contributed by atoms with Gasteiger partial charge < -0.3 is 9.72 Å². The highest BCUT2D eigenvalue weighted by atomic mass is 79.9. The summed E-state index contributed by atoms with van der Waals surface area (Å²) in [7, 11) is 1.54. The molecule has 2 aromatic heterocycles. The van der Waals surface area contributed by atoms with Gasteiger partial charge >= 0.3 is 0 Å². The van der Waals surface area contributed by atoms with Crippen LogP contribution in [0.4, 0.5) is 0 Å². The lowest BCUT2D eigenvalue weighted by Gasteiger charge is -2.01. The number of rotatable bonds is 2. The van der Waals surface area contributed by atoms with Gasteiger partial charge in [-0.3, -0.25) is 4.79 Å². The Bertz CT molecular complexity index is 551. The molecule has 0 saturated carbocycles. The highest BCUT2D eigenvalue weighted by molar-refractivity contribution is 9.10. The summed E-state index contributed by atoms with van der Waals surface area (Å²) in [5.74, 6) is 0.992. The van der Waals surface area contributed by atoms with Crippen LogP contribution < -0.4 is 10.3 Å². The Labute approximate surface area is 99.7 Å². The van der Waals surface area contributed by atoms with Crippen molar-refractivity contribution in [3.05, 3.63) is 39.4 Å². The van der Waals surface area contributed by atoms with E-state index in [1.54, 1.807) is 25.4 Å². The normalized spacial score (nSPS) is 10.1. The zero-order valence-corrected chi connectivity index (χ0v) is 9.98. The zero-order valence-electron chi connectivity index (χ0n) is 8.40. The Morgan fingerprint density at radius 2 is 2.12 bits per heavy atom. The van der Waals surface area contributed by atoms with Crippen molar-refractivity contribution < 1.29 is 4.74 Å². The van der Waals surface area contributed by atoms with Crippen molar-refractivity contribution in [1.82, 2.24) is 15.0 Å². The number of halogens is 1. The minimum absolute atomic E-state index is 0.221. The number of H-pyrrole nitrogens is 1. The zero-order chi connectivity index (χ0) is 11.5. The fraction of sp³-hybridized carbons (Fsp3) is 0.100. The van der Waals surface area contributed by atoms with Gasteiger partial charge in [-0.05, 0) is 22.0 Å². The summed E-state index contributed by atoms with van der Waals surface area (Å²) in [6.07, 6.45) is 3.05. The van der Waals surface area contributed by atoms with E-state index in [9.17, 15) is 4.79 Å². The number of nitrogens with zero attached hydrogens (tertiary/aromatic N) is 2. The van der Waals surface area contributed by atoms with E-state index in [-0.39, 0.29) is 5.56 Å². The highest BCUT2D eigenvalue weighted by Crippen LogP contribution is 2.15. The fourth-order valence-corrected chi connectivity index (χ4v) is 1.37. The molecule has 0 aliphatic rings. The predicted molar refractivity (Wildman–Crippen MR) is 62.3 cm³/mol. The Balaban J connectivity index is 2.42. The van der Waals surface area contributed by atoms with E-state index >= 15 is 0 Å². The molecule has 0 amide bonds. The van der Waals surface area contributed by atoms with Crippen LogP contribution in [0.15, 0.2) is 33.8 Å². The molecule has 0 fully saturated rings. The predicted octanol–water partition coefficient (Wildman–Crippen LogP) is 1.60. The number of hydrogen-bond acceptors (Lipinski definition) is 4. The molecule has 2 rings (SSSR count). The standard InChI is InChI=1S/C10H8BrN3O2/c1-16-8-3-2-6(4-12-8)9-13-5-7(11)10(15)14-9/h2-5H,1H3,(H,13,14,15). The molecule has 0 aliphatic carbocycles. The van der Waals surface area contributed by atoms with Gasteiger partial charge in [0.25, 0.3) is 5.56 Å². The van der Waals surface area contributed by atoms with Crippen LogP contribution in [0.25, 0.3) is 11.4 Å². The first-order chi connectivity index (χ1) is 7.70. The molecule has 2 aromatic rings. The molecule has 0 aliphatic heterocycles. The Morgan fingerprint density at radius 1 is 1.31 bits per heavy atom. The average molecular weight is 282 g/mol. The van der Waals surface area contributed by atoms with Crippen LogP contribution in [0, 0.1) is 0 Å². The van der Waals surface area contributed by atoms with Crippen LogP contribution >= 0.6 is 15.9 Å². The largest absolute Gasteiger partial charge is 0.481 e. The molecule has 6 heteroatoms. The highest BCUT2D eigenvalue weighted by Gasteiger charge is 2.03. The van der Waals surface area contributed by atoms with Gasteiger partial charge in [0.1, 0.15) is 10.3 Å². The molecule has 2 heterocycles. The van der Waals surface area contributed by atoms with Gasteiger partial charge in [-0.2, -0.15) is 0 Å². The van der Waals surface area contributed by atoms with Gasteiger partial charge in [0, 0.05) is 24.0 Å². The fourth-order valence-electron chi connectivity index (χ4n) is 1.17. The third kappa shape index (κ3) is 2.11. The smallest absolute Gasteiger partial charge is 0.265 e. The summed E-state index contributed by atoms with van der Waals surface area (Å²) in [4.78, 5) is 22.1. The van der Waals surface area contributed by atoms with Gasteiger partial charge in [0.05, 0.1) is 7.11 Å². The molecule has 0 saturated heterocycles. The quantitative estimate of drug-likeness (QED) is 0.908. The summed E-state index contributed by atoms with van der Waals surface area (Å²) in [5.41, 5.74) is 0.506. The van der Waals surface area contributed by atoms with Gasteiger partial charge in [-0.15, -0.1) is 0 Å². The molecule has 5 nitrogen and oxygen atoms in total. The first kappa shape index (κ1) is 10.8. The number of ether oxygens (including phenoxy) is 1.